The predicted molar refractivity (Wildman–Crippen MR) is 111 cm³/mol. The predicted octanol–water partition coefficient (Wildman–Crippen LogP) is 2.84. The first-order valence-electron chi connectivity index (χ1n) is 9.21. The maximum atomic E-state index is 13.2. The highest BCUT2D eigenvalue weighted by Gasteiger charge is 2.28. The van der Waals surface area contributed by atoms with Crippen LogP contribution in [-0.2, 0) is 19.6 Å². The third kappa shape index (κ3) is 5.20. The molecular formula is C20H23ClN2O5S. The molecule has 0 radical (unpaired) electrons. The minimum absolute atomic E-state index is 0.0337. The van der Waals surface area contributed by atoms with E-state index in [-0.39, 0.29) is 28.3 Å². The van der Waals surface area contributed by atoms with Crippen molar-refractivity contribution >= 4 is 33.2 Å². The molecule has 1 heterocycles. The summed E-state index contributed by atoms with van der Waals surface area (Å²) in [7, 11) is -2.51. The number of benzene rings is 2. The molecule has 1 N–H and O–H groups in total. The lowest BCUT2D eigenvalue weighted by molar-refractivity contribution is -0.120. The lowest BCUT2D eigenvalue weighted by Crippen LogP contribution is -2.42. The van der Waals surface area contributed by atoms with Gasteiger partial charge in [0.1, 0.15) is 12.3 Å². The van der Waals surface area contributed by atoms with Crippen molar-refractivity contribution in [3.8, 4) is 5.75 Å². The third-order valence-corrected chi connectivity index (χ3v) is 6.68. The minimum atomic E-state index is -3.98. The summed E-state index contributed by atoms with van der Waals surface area (Å²) < 4.78 is 38.1. The number of anilines is 1. The largest absolute Gasteiger partial charge is 0.495 e. The third-order valence-electron chi connectivity index (χ3n) is 4.59. The molecule has 9 heteroatoms. The van der Waals surface area contributed by atoms with Crippen LogP contribution in [0.15, 0.2) is 53.4 Å². The lowest BCUT2D eigenvalue weighted by atomic mass is 10.2. The molecule has 0 aromatic heterocycles. The van der Waals surface area contributed by atoms with E-state index in [4.69, 9.17) is 21.1 Å². The van der Waals surface area contributed by atoms with Crippen LogP contribution in [0.25, 0.3) is 0 Å². The first-order valence-corrected chi connectivity index (χ1v) is 11.0. The topological polar surface area (TPSA) is 84.9 Å². The Labute approximate surface area is 175 Å². The number of rotatable bonds is 8. The summed E-state index contributed by atoms with van der Waals surface area (Å²) in [5.74, 6) is -0.0118. The molecule has 0 bridgehead atoms. The van der Waals surface area contributed by atoms with Crippen LogP contribution < -0.4 is 14.4 Å². The van der Waals surface area contributed by atoms with Gasteiger partial charge in [-0.3, -0.25) is 9.10 Å². The molecule has 1 aliphatic heterocycles. The summed E-state index contributed by atoms with van der Waals surface area (Å²) in [6.45, 7) is 0.646. The molecule has 3 rings (SSSR count). The van der Waals surface area contributed by atoms with Crippen molar-refractivity contribution in [2.45, 2.75) is 23.8 Å². The van der Waals surface area contributed by atoms with Crippen molar-refractivity contribution in [1.82, 2.24) is 5.32 Å². The van der Waals surface area contributed by atoms with E-state index in [2.05, 4.69) is 5.32 Å². The smallest absolute Gasteiger partial charge is 0.264 e. The zero-order chi connectivity index (χ0) is 20.9. The second-order valence-electron chi connectivity index (χ2n) is 6.58. The van der Waals surface area contributed by atoms with Gasteiger partial charge in [0, 0.05) is 13.2 Å². The maximum absolute atomic E-state index is 13.2. The molecule has 1 saturated heterocycles. The van der Waals surface area contributed by atoms with Crippen molar-refractivity contribution in [2.24, 2.45) is 0 Å². The molecule has 1 atom stereocenters. The molecule has 2 aromatic carbocycles. The molecule has 29 heavy (non-hydrogen) atoms. The van der Waals surface area contributed by atoms with Crippen molar-refractivity contribution in [2.75, 3.05) is 31.1 Å². The molecular weight excluding hydrogens is 416 g/mol. The Balaban J connectivity index is 1.87. The number of carbonyl (C=O) groups excluding carboxylic acids is 1. The summed E-state index contributed by atoms with van der Waals surface area (Å²) in [6, 6.07) is 12.5. The van der Waals surface area contributed by atoms with E-state index < -0.39 is 15.9 Å². The molecule has 156 valence electrons. The summed E-state index contributed by atoms with van der Waals surface area (Å²) >= 11 is 6.19. The van der Waals surface area contributed by atoms with Gasteiger partial charge < -0.3 is 14.8 Å². The van der Waals surface area contributed by atoms with Gasteiger partial charge in [-0.05, 0) is 43.2 Å². The quantitative estimate of drug-likeness (QED) is 0.685. The average Bonchev–Trinajstić information content (AvgIpc) is 3.24. The number of hydrogen-bond acceptors (Lipinski definition) is 5. The van der Waals surface area contributed by atoms with Gasteiger partial charge in [-0.15, -0.1) is 0 Å². The Kier molecular flexibility index (Phi) is 7.00. The van der Waals surface area contributed by atoms with Crippen LogP contribution in [0.3, 0.4) is 0 Å². The van der Waals surface area contributed by atoms with E-state index in [0.29, 0.717) is 18.9 Å². The number of ether oxygens (including phenoxy) is 2. The van der Waals surface area contributed by atoms with Gasteiger partial charge in [-0.1, -0.05) is 29.8 Å². The Bertz CT molecular complexity index is 947. The van der Waals surface area contributed by atoms with Crippen molar-refractivity contribution in [3.05, 3.63) is 53.6 Å². The summed E-state index contributed by atoms with van der Waals surface area (Å²) in [4.78, 5) is 12.6. The van der Waals surface area contributed by atoms with E-state index >= 15 is 0 Å². The summed E-state index contributed by atoms with van der Waals surface area (Å²) in [5.41, 5.74) is 0.270. The first kappa shape index (κ1) is 21.4. The van der Waals surface area contributed by atoms with Crippen LogP contribution in [0, 0.1) is 0 Å². The normalized spacial score (nSPS) is 16.4. The average molecular weight is 439 g/mol. The van der Waals surface area contributed by atoms with Crippen molar-refractivity contribution in [3.63, 3.8) is 0 Å². The van der Waals surface area contributed by atoms with Gasteiger partial charge in [0.05, 0.1) is 28.8 Å². The molecule has 1 amide bonds. The van der Waals surface area contributed by atoms with Gasteiger partial charge in [-0.2, -0.15) is 0 Å². The van der Waals surface area contributed by atoms with Crippen molar-refractivity contribution < 1.29 is 22.7 Å². The number of sulfonamides is 1. The monoisotopic (exact) mass is 438 g/mol. The minimum Gasteiger partial charge on any atom is -0.495 e. The van der Waals surface area contributed by atoms with Crippen LogP contribution in [0.5, 0.6) is 5.75 Å². The van der Waals surface area contributed by atoms with Crippen LogP contribution in [0.2, 0.25) is 5.02 Å². The zero-order valence-corrected chi connectivity index (χ0v) is 17.6. The number of carbonyl (C=O) groups is 1. The number of hydrogen-bond donors (Lipinski definition) is 1. The fraction of sp³-hybridized carbons (Fsp3) is 0.350. The van der Waals surface area contributed by atoms with Crippen molar-refractivity contribution in [1.29, 1.82) is 0 Å². The molecule has 0 spiro atoms. The van der Waals surface area contributed by atoms with Crippen LogP contribution in [-0.4, -0.2) is 47.2 Å². The Morgan fingerprint density at radius 1 is 1.28 bits per heavy atom. The highest BCUT2D eigenvalue weighted by Crippen LogP contribution is 2.31. The highest BCUT2D eigenvalue weighted by atomic mass is 35.5. The van der Waals surface area contributed by atoms with Crippen LogP contribution in [0.1, 0.15) is 12.8 Å². The second-order valence-corrected chi connectivity index (χ2v) is 8.85. The maximum Gasteiger partial charge on any atom is 0.264 e. The molecule has 0 unspecified atom stereocenters. The molecule has 7 nitrogen and oxygen atoms in total. The fourth-order valence-electron chi connectivity index (χ4n) is 3.06. The van der Waals surface area contributed by atoms with E-state index in [1.165, 1.54) is 25.3 Å². The first-order chi connectivity index (χ1) is 13.9. The highest BCUT2D eigenvalue weighted by molar-refractivity contribution is 7.92. The van der Waals surface area contributed by atoms with E-state index in [9.17, 15) is 13.2 Å². The number of nitrogens with zero attached hydrogens (tertiary/aromatic N) is 1. The molecule has 0 aliphatic carbocycles. The summed E-state index contributed by atoms with van der Waals surface area (Å²) in [5, 5.41) is 3.01. The number of amides is 1. The van der Waals surface area contributed by atoms with Gasteiger partial charge in [0.15, 0.2) is 0 Å². The molecule has 1 fully saturated rings. The molecule has 1 aliphatic rings. The van der Waals surface area contributed by atoms with Gasteiger partial charge in [0.2, 0.25) is 5.91 Å². The fourth-order valence-corrected chi connectivity index (χ4v) is 4.75. The van der Waals surface area contributed by atoms with E-state index in [1.54, 1.807) is 30.3 Å². The van der Waals surface area contributed by atoms with Gasteiger partial charge in [-0.25, -0.2) is 8.42 Å². The second kappa shape index (κ2) is 9.47. The number of methoxy groups -OCH3 is 1. The molecule has 2 aromatic rings. The molecule has 0 saturated carbocycles. The Morgan fingerprint density at radius 2 is 2.03 bits per heavy atom. The Hall–Kier alpha value is -2.29. The van der Waals surface area contributed by atoms with Crippen LogP contribution in [0.4, 0.5) is 5.69 Å². The standard InChI is InChI=1S/C20H23ClN2O5S/c1-27-19-10-9-15(12-18(19)21)23(29(25,26)17-7-3-2-4-8-17)14-20(24)22-13-16-6-5-11-28-16/h2-4,7-10,12,16H,5-6,11,13-14H2,1H3,(H,22,24)/t16-/m0/s1. The summed E-state index contributed by atoms with van der Waals surface area (Å²) in [6.07, 6.45) is 1.80. The Morgan fingerprint density at radius 3 is 2.66 bits per heavy atom. The van der Waals surface area contributed by atoms with E-state index in [0.717, 1.165) is 17.1 Å². The van der Waals surface area contributed by atoms with E-state index in [1.807, 2.05) is 0 Å². The van der Waals surface area contributed by atoms with Crippen LogP contribution >= 0.6 is 11.6 Å². The lowest BCUT2D eigenvalue weighted by Gasteiger charge is -2.25. The number of halogens is 1. The SMILES string of the molecule is COc1ccc(N(CC(=O)NC[C@@H]2CCCO2)S(=O)(=O)c2ccccc2)cc1Cl. The zero-order valence-electron chi connectivity index (χ0n) is 16.0. The van der Waals surface area contributed by atoms with Gasteiger partial charge in [0.25, 0.3) is 10.0 Å². The number of nitrogens with one attached hydrogen (secondary N) is 1. The van der Waals surface area contributed by atoms with Gasteiger partial charge >= 0.3 is 0 Å².